The first kappa shape index (κ1) is 12.8. The average molecular weight is 219 g/mol. The molecule has 0 spiro atoms. The van der Waals surface area contributed by atoms with Gasteiger partial charge in [-0.05, 0) is 18.9 Å². The number of nitrogens with zero attached hydrogens (tertiary/aromatic N) is 2. The second-order valence-electron chi connectivity index (χ2n) is 4.44. The Balaban J connectivity index is 2.26. The Labute approximate surface area is 98.2 Å². The molecule has 0 aromatic carbocycles. The molecule has 16 heavy (non-hydrogen) atoms. The molecule has 0 saturated carbocycles. The van der Waals surface area contributed by atoms with Gasteiger partial charge in [0.2, 0.25) is 0 Å². The Morgan fingerprint density at radius 2 is 2.38 bits per heavy atom. The van der Waals surface area contributed by atoms with Crippen molar-refractivity contribution in [3.63, 3.8) is 0 Å². The number of aryl methyl sites for hydroxylation is 1. The predicted molar refractivity (Wildman–Crippen MR) is 66.8 cm³/mol. The van der Waals surface area contributed by atoms with Crippen LogP contribution in [0.5, 0.6) is 0 Å². The van der Waals surface area contributed by atoms with Crippen LogP contribution in [-0.2, 0) is 13.1 Å². The topological polar surface area (TPSA) is 29.9 Å². The molecular formula is C13H21N3. The van der Waals surface area contributed by atoms with Crippen LogP contribution in [0.15, 0.2) is 12.4 Å². The second-order valence-corrected chi connectivity index (χ2v) is 4.44. The highest BCUT2D eigenvalue weighted by molar-refractivity contribution is 5.03. The minimum Gasteiger partial charge on any atom is -0.312 e. The number of rotatable bonds is 7. The molecule has 3 heteroatoms. The Bertz CT molecular complexity index is 333. The van der Waals surface area contributed by atoms with Crippen molar-refractivity contribution in [3.05, 3.63) is 18.0 Å². The smallest absolute Gasteiger partial charge is 0.0534 e. The van der Waals surface area contributed by atoms with Crippen LogP contribution in [0.4, 0.5) is 0 Å². The molecule has 0 fully saturated rings. The Hall–Kier alpha value is -1.27. The highest BCUT2D eigenvalue weighted by Gasteiger charge is 1.99. The lowest BCUT2D eigenvalue weighted by Gasteiger charge is -2.05. The van der Waals surface area contributed by atoms with Crippen LogP contribution in [-0.4, -0.2) is 16.3 Å². The summed E-state index contributed by atoms with van der Waals surface area (Å²) in [5, 5.41) is 7.69. The molecule has 1 aromatic heterocycles. The largest absolute Gasteiger partial charge is 0.312 e. The van der Waals surface area contributed by atoms with Gasteiger partial charge in [-0.3, -0.25) is 4.68 Å². The molecule has 88 valence electrons. The molecule has 0 unspecified atom stereocenters. The minimum absolute atomic E-state index is 0.686. The molecule has 1 heterocycles. The van der Waals surface area contributed by atoms with Gasteiger partial charge in [0.15, 0.2) is 0 Å². The van der Waals surface area contributed by atoms with Gasteiger partial charge in [0.25, 0.3) is 0 Å². The van der Waals surface area contributed by atoms with E-state index in [9.17, 15) is 0 Å². The number of unbranched alkanes of at least 4 members (excludes halogenated alkanes) is 1. The Morgan fingerprint density at radius 1 is 1.56 bits per heavy atom. The molecule has 0 aliphatic heterocycles. The first-order chi connectivity index (χ1) is 7.72. The second kappa shape index (κ2) is 7.08. The fraction of sp³-hybridized carbons (Fsp3) is 0.615. The fourth-order valence-electron chi connectivity index (χ4n) is 1.47. The maximum Gasteiger partial charge on any atom is 0.0534 e. The van der Waals surface area contributed by atoms with Gasteiger partial charge in [-0.15, -0.1) is 12.3 Å². The zero-order valence-corrected chi connectivity index (χ0v) is 10.2. The number of hydrogen-bond donors (Lipinski definition) is 1. The van der Waals surface area contributed by atoms with Gasteiger partial charge in [0.05, 0.1) is 6.20 Å². The van der Waals surface area contributed by atoms with Gasteiger partial charge in [-0.2, -0.15) is 5.10 Å². The zero-order valence-electron chi connectivity index (χ0n) is 10.2. The molecule has 3 nitrogen and oxygen atoms in total. The lowest BCUT2D eigenvalue weighted by molar-refractivity contribution is 0.551. The van der Waals surface area contributed by atoms with E-state index in [2.05, 4.69) is 36.4 Å². The molecule has 1 aromatic rings. The Morgan fingerprint density at radius 3 is 3.06 bits per heavy atom. The molecule has 0 aliphatic rings. The minimum atomic E-state index is 0.686. The first-order valence-electron chi connectivity index (χ1n) is 5.88. The number of terminal acetylenes is 1. The van der Waals surface area contributed by atoms with E-state index in [1.54, 1.807) is 0 Å². The van der Waals surface area contributed by atoms with Crippen molar-refractivity contribution in [1.29, 1.82) is 0 Å². The van der Waals surface area contributed by atoms with Crippen LogP contribution >= 0.6 is 0 Å². The van der Waals surface area contributed by atoms with Gasteiger partial charge in [-0.25, -0.2) is 0 Å². The summed E-state index contributed by atoms with van der Waals surface area (Å²) in [6.45, 7) is 7.26. The van der Waals surface area contributed by atoms with Crippen molar-refractivity contribution < 1.29 is 0 Å². The van der Waals surface area contributed by atoms with Crippen LogP contribution in [0.2, 0.25) is 0 Å². The molecule has 0 saturated heterocycles. The third-order valence-electron chi connectivity index (χ3n) is 2.28. The lowest BCUT2D eigenvalue weighted by atomic mass is 10.2. The zero-order chi connectivity index (χ0) is 11.8. The van der Waals surface area contributed by atoms with E-state index < -0.39 is 0 Å². The van der Waals surface area contributed by atoms with Gasteiger partial charge in [0.1, 0.15) is 0 Å². The highest BCUT2D eigenvalue weighted by atomic mass is 15.3. The molecule has 0 aliphatic carbocycles. The molecule has 0 amide bonds. The summed E-state index contributed by atoms with van der Waals surface area (Å²) in [6.07, 6.45) is 11.0. The molecular weight excluding hydrogens is 198 g/mol. The average Bonchev–Trinajstić information content (AvgIpc) is 2.66. The quantitative estimate of drug-likeness (QED) is 0.562. The molecule has 0 bridgehead atoms. The van der Waals surface area contributed by atoms with E-state index >= 15 is 0 Å². The third-order valence-corrected chi connectivity index (χ3v) is 2.28. The normalized spacial score (nSPS) is 10.6. The number of aromatic nitrogens is 2. The van der Waals surface area contributed by atoms with E-state index in [0.717, 1.165) is 32.5 Å². The van der Waals surface area contributed by atoms with E-state index in [1.807, 2.05) is 10.9 Å². The molecule has 0 atom stereocenters. The van der Waals surface area contributed by atoms with Gasteiger partial charge in [-0.1, -0.05) is 13.8 Å². The van der Waals surface area contributed by atoms with Crippen molar-refractivity contribution in [2.24, 2.45) is 5.92 Å². The van der Waals surface area contributed by atoms with Crippen LogP contribution in [0.25, 0.3) is 0 Å². The summed E-state index contributed by atoms with van der Waals surface area (Å²) in [5.41, 5.74) is 1.24. The highest BCUT2D eigenvalue weighted by Crippen LogP contribution is 2.00. The third kappa shape index (κ3) is 4.99. The van der Waals surface area contributed by atoms with E-state index in [1.165, 1.54) is 5.56 Å². The number of hydrogen-bond acceptors (Lipinski definition) is 2. The molecule has 0 radical (unpaired) electrons. The summed E-state index contributed by atoms with van der Waals surface area (Å²) >= 11 is 0. The van der Waals surface area contributed by atoms with Gasteiger partial charge in [0, 0.05) is 31.3 Å². The monoisotopic (exact) mass is 219 g/mol. The van der Waals surface area contributed by atoms with E-state index in [-0.39, 0.29) is 0 Å². The van der Waals surface area contributed by atoms with Crippen molar-refractivity contribution >= 4 is 0 Å². The van der Waals surface area contributed by atoms with Crippen LogP contribution < -0.4 is 5.32 Å². The lowest BCUT2D eigenvalue weighted by Crippen LogP contribution is -2.18. The predicted octanol–water partition coefficient (Wildman–Crippen LogP) is 2.04. The molecule has 1 rings (SSSR count). The molecule has 1 N–H and O–H groups in total. The van der Waals surface area contributed by atoms with Crippen LogP contribution in [0, 0.1) is 18.3 Å². The SMILES string of the molecule is C#CCCCn1cc(CNCC(C)C)cn1. The van der Waals surface area contributed by atoms with Crippen molar-refractivity contribution in [2.45, 2.75) is 39.8 Å². The summed E-state index contributed by atoms with van der Waals surface area (Å²) in [5.74, 6) is 3.32. The number of nitrogens with one attached hydrogen (secondary N) is 1. The van der Waals surface area contributed by atoms with E-state index in [4.69, 9.17) is 6.42 Å². The van der Waals surface area contributed by atoms with Gasteiger partial charge < -0.3 is 5.32 Å². The van der Waals surface area contributed by atoms with Crippen molar-refractivity contribution in [2.75, 3.05) is 6.54 Å². The summed E-state index contributed by atoms with van der Waals surface area (Å²) < 4.78 is 1.96. The summed E-state index contributed by atoms with van der Waals surface area (Å²) in [6, 6.07) is 0. The van der Waals surface area contributed by atoms with Crippen LogP contribution in [0.1, 0.15) is 32.3 Å². The maximum atomic E-state index is 5.20. The maximum absolute atomic E-state index is 5.20. The summed E-state index contributed by atoms with van der Waals surface area (Å²) in [4.78, 5) is 0. The fourth-order valence-corrected chi connectivity index (χ4v) is 1.47. The van der Waals surface area contributed by atoms with Gasteiger partial charge >= 0.3 is 0 Å². The first-order valence-corrected chi connectivity index (χ1v) is 5.88. The van der Waals surface area contributed by atoms with Crippen molar-refractivity contribution in [3.8, 4) is 12.3 Å². The standard InChI is InChI=1S/C13H21N3/c1-4-5-6-7-16-11-13(10-15-16)9-14-8-12(2)3/h1,10-12,14H,5-9H2,2-3H3. The Kier molecular flexibility index (Phi) is 5.66. The van der Waals surface area contributed by atoms with Crippen molar-refractivity contribution in [1.82, 2.24) is 15.1 Å². The van der Waals surface area contributed by atoms with E-state index in [0.29, 0.717) is 5.92 Å². The summed E-state index contributed by atoms with van der Waals surface area (Å²) in [7, 11) is 0. The van der Waals surface area contributed by atoms with Crippen LogP contribution in [0.3, 0.4) is 0 Å².